The molecule has 1 saturated heterocycles. The number of ether oxygens (including phenoxy) is 1. The van der Waals surface area contributed by atoms with Gasteiger partial charge >= 0.3 is 5.69 Å². The van der Waals surface area contributed by atoms with Crippen LogP contribution in [0.5, 0.6) is 0 Å². The Morgan fingerprint density at radius 1 is 1.13 bits per heavy atom. The standard InChI is InChI=1S/C9H12N2O6.C7H11BrO5/c12-3-4-6(14)7(15)8(17-4)11-2-1-5(13)10-9(11)16;8-2-1-4(10)6(12)7(13)5(11)3-9/h1-2,4,6-8,12,14-15H,3H2,(H,10,13,16);1-7,10-13H/b;2-1-/t4-,6-,7-,8-;/m1./s1. The van der Waals surface area contributed by atoms with E-state index in [0.717, 1.165) is 22.9 Å². The molecule has 8 N–H and O–H groups in total. The maximum absolute atomic E-state index is 11.4. The quantitative estimate of drug-likeness (QED) is 0.168. The van der Waals surface area contributed by atoms with Crippen molar-refractivity contribution in [3.05, 3.63) is 44.2 Å². The fourth-order valence-corrected chi connectivity index (χ4v) is 2.72. The van der Waals surface area contributed by atoms with Crippen LogP contribution < -0.4 is 11.2 Å². The Bertz CT molecular complexity index is 813. The number of halogens is 1. The van der Waals surface area contributed by atoms with Crippen molar-refractivity contribution in [1.29, 1.82) is 0 Å². The Morgan fingerprint density at radius 3 is 2.20 bits per heavy atom. The molecule has 1 aromatic rings. The average molecular weight is 499 g/mol. The van der Waals surface area contributed by atoms with Crippen molar-refractivity contribution in [3.8, 4) is 0 Å². The number of aliphatic hydroxyl groups is 7. The third-order valence-electron chi connectivity index (χ3n) is 4.10. The Hall–Kier alpha value is -1.75. The van der Waals surface area contributed by atoms with Crippen molar-refractivity contribution < 1.29 is 45.3 Å². The fraction of sp³-hybridized carbons (Fsp3) is 0.562. The maximum atomic E-state index is 11.4. The number of hydrogen-bond donors (Lipinski definition) is 8. The predicted molar refractivity (Wildman–Crippen MR) is 102 cm³/mol. The number of hydrogen-bond acceptors (Lipinski definition) is 11. The zero-order chi connectivity index (χ0) is 23.0. The minimum Gasteiger partial charge on any atom is -0.394 e. The number of aromatic nitrogens is 2. The second-order valence-electron chi connectivity index (χ2n) is 6.16. The zero-order valence-corrected chi connectivity index (χ0v) is 16.9. The molecule has 0 amide bonds. The van der Waals surface area contributed by atoms with Crippen LogP contribution in [0.2, 0.25) is 0 Å². The number of nitrogens with zero attached hydrogens (tertiary/aromatic N) is 1. The number of H-pyrrole nitrogens is 1. The smallest absolute Gasteiger partial charge is 0.330 e. The minimum absolute atomic E-state index is 0.0818. The lowest BCUT2D eigenvalue weighted by Crippen LogP contribution is -2.44. The lowest BCUT2D eigenvalue weighted by Gasteiger charge is -2.21. The van der Waals surface area contributed by atoms with Gasteiger partial charge in [0.15, 0.2) is 12.5 Å². The highest BCUT2D eigenvalue weighted by molar-refractivity contribution is 9.11. The molecule has 1 aliphatic rings. The van der Waals surface area contributed by atoms with Gasteiger partial charge in [-0.15, -0.1) is 0 Å². The molecule has 1 aliphatic heterocycles. The molecule has 8 atom stereocenters. The molecule has 0 saturated carbocycles. The number of rotatable bonds is 7. The molecule has 30 heavy (non-hydrogen) atoms. The van der Waals surface area contributed by atoms with Gasteiger partial charge in [0.2, 0.25) is 0 Å². The summed E-state index contributed by atoms with van der Waals surface area (Å²) in [6.45, 7) is -0.479. The normalized spacial score (nSPS) is 27.7. The number of carbonyl (C=O) groups is 1. The van der Waals surface area contributed by atoms with Crippen LogP contribution in [0.3, 0.4) is 0 Å². The van der Waals surface area contributed by atoms with Crippen molar-refractivity contribution in [3.63, 3.8) is 0 Å². The summed E-state index contributed by atoms with van der Waals surface area (Å²) in [5.41, 5.74) is -1.33. The Kier molecular flexibility index (Phi) is 10.7. The molecule has 0 bridgehead atoms. The number of aromatic amines is 1. The van der Waals surface area contributed by atoms with E-state index in [1.807, 2.05) is 4.98 Å². The number of carbonyl (C=O) groups excluding carboxylic acids is 1. The first-order valence-electron chi connectivity index (χ1n) is 8.47. The van der Waals surface area contributed by atoms with Gasteiger partial charge in [-0.25, -0.2) is 4.79 Å². The average Bonchev–Trinajstić information content (AvgIpc) is 3.01. The number of aliphatic hydroxyl groups excluding tert-OH is 7. The summed E-state index contributed by atoms with van der Waals surface area (Å²) >= 11 is 2.86. The fourth-order valence-electron chi connectivity index (χ4n) is 2.41. The molecule has 14 heteroatoms. The molecule has 0 spiro atoms. The van der Waals surface area contributed by atoms with E-state index in [2.05, 4.69) is 15.9 Å². The molecule has 2 heterocycles. The van der Waals surface area contributed by atoms with Gasteiger partial charge in [0.1, 0.15) is 42.7 Å². The van der Waals surface area contributed by atoms with E-state index in [4.69, 9.17) is 30.3 Å². The highest BCUT2D eigenvalue weighted by Gasteiger charge is 2.43. The molecular weight excluding hydrogens is 476 g/mol. The van der Waals surface area contributed by atoms with Crippen molar-refractivity contribution >= 4 is 22.2 Å². The summed E-state index contributed by atoms with van der Waals surface area (Å²) in [5, 5.41) is 64.1. The summed E-state index contributed by atoms with van der Waals surface area (Å²) in [6.07, 6.45) is -8.69. The Balaban J connectivity index is 0.000000314. The van der Waals surface area contributed by atoms with E-state index in [1.54, 1.807) is 0 Å². The molecular formula is C16H23BrN2O11. The largest absolute Gasteiger partial charge is 0.394 e. The summed E-state index contributed by atoms with van der Waals surface area (Å²) in [6, 6.07) is 1.09. The van der Waals surface area contributed by atoms with E-state index in [9.17, 15) is 24.6 Å². The summed E-state index contributed by atoms with van der Waals surface area (Å²) in [5.74, 6) is 0. The minimum atomic E-state index is -1.70. The van der Waals surface area contributed by atoms with Crippen molar-refractivity contribution in [1.82, 2.24) is 9.55 Å². The van der Waals surface area contributed by atoms with Crippen LogP contribution in [-0.2, 0) is 9.53 Å². The van der Waals surface area contributed by atoms with Gasteiger partial charge in [0.25, 0.3) is 5.56 Å². The van der Waals surface area contributed by atoms with Crippen LogP contribution in [-0.4, -0.2) is 101 Å². The molecule has 0 aromatic carbocycles. The predicted octanol–water partition coefficient (Wildman–Crippen LogP) is -4.31. The van der Waals surface area contributed by atoms with Crippen LogP contribution in [0, 0.1) is 0 Å². The Morgan fingerprint density at radius 2 is 1.73 bits per heavy atom. The summed E-state index contributed by atoms with van der Waals surface area (Å²) < 4.78 is 6.08. The third-order valence-corrected chi connectivity index (χ3v) is 4.41. The Labute approximate surface area is 177 Å². The van der Waals surface area contributed by atoms with Gasteiger partial charge in [-0.2, -0.15) is 0 Å². The molecule has 4 unspecified atom stereocenters. The van der Waals surface area contributed by atoms with Gasteiger partial charge in [-0.05, 0) is 11.1 Å². The number of nitrogens with one attached hydrogen (secondary N) is 1. The molecule has 0 radical (unpaired) electrons. The van der Waals surface area contributed by atoms with E-state index >= 15 is 0 Å². The summed E-state index contributed by atoms with van der Waals surface area (Å²) in [7, 11) is 0. The van der Waals surface area contributed by atoms with Gasteiger partial charge in [-0.3, -0.25) is 14.3 Å². The third kappa shape index (κ3) is 6.63. The van der Waals surface area contributed by atoms with Crippen LogP contribution in [0.4, 0.5) is 0 Å². The molecule has 2 rings (SSSR count). The lowest BCUT2D eigenvalue weighted by atomic mass is 10.0. The second-order valence-corrected chi connectivity index (χ2v) is 6.69. The van der Waals surface area contributed by atoms with Crippen LogP contribution in [0.25, 0.3) is 0 Å². The molecule has 170 valence electrons. The lowest BCUT2D eigenvalue weighted by molar-refractivity contribution is -0.130. The molecule has 1 aromatic heterocycles. The number of aldehydes is 1. The topological polar surface area (TPSA) is 223 Å². The van der Waals surface area contributed by atoms with Crippen LogP contribution >= 0.6 is 15.9 Å². The van der Waals surface area contributed by atoms with E-state index in [-0.39, 0.29) is 6.29 Å². The second kappa shape index (κ2) is 12.2. The monoisotopic (exact) mass is 498 g/mol. The first kappa shape index (κ1) is 26.3. The van der Waals surface area contributed by atoms with Gasteiger partial charge in [-0.1, -0.05) is 15.9 Å². The van der Waals surface area contributed by atoms with E-state index in [1.165, 1.54) is 4.99 Å². The first-order chi connectivity index (χ1) is 14.1. The highest BCUT2D eigenvalue weighted by Crippen LogP contribution is 2.27. The van der Waals surface area contributed by atoms with E-state index < -0.39 is 66.8 Å². The van der Waals surface area contributed by atoms with Gasteiger partial charge in [0.05, 0.1) is 6.61 Å². The zero-order valence-electron chi connectivity index (χ0n) is 15.3. The van der Waals surface area contributed by atoms with Crippen LogP contribution in [0.15, 0.2) is 32.9 Å². The van der Waals surface area contributed by atoms with Gasteiger partial charge in [0, 0.05) is 12.3 Å². The molecule has 0 aliphatic carbocycles. The highest BCUT2D eigenvalue weighted by atomic mass is 79.9. The van der Waals surface area contributed by atoms with Crippen molar-refractivity contribution in [2.24, 2.45) is 0 Å². The first-order valence-corrected chi connectivity index (χ1v) is 9.38. The van der Waals surface area contributed by atoms with Crippen molar-refractivity contribution in [2.75, 3.05) is 6.61 Å². The van der Waals surface area contributed by atoms with Gasteiger partial charge < -0.3 is 45.3 Å². The SMILES string of the molecule is O=CC(O)C(O)C(O)C(O)/C=C\Br.O=c1ccn([C@@H]2O[C@H](CO)[C@@H](O)[C@H]2O)c(=O)[nH]1. The van der Waals surface area contributed by atoms with Crippen molar-refractivity contribution in [2.45, 2.75) is 49.0 Å². The molecule has 13 nitrogen and oxygen atoms in total. The summed E-state index contributed by atoms with van der Waals surface area (Å²) in [4.78, 5) is 35.6. The maximum Gasteiger partial charge on any atom is 0.330 e. The molecule has 1 fully saturated rings. The van der Waals surface area contributed by atoms with E-state index in [0.29, 0.717) is 0 Å². The van der Waals surface area contributed by atoms with Crippen LogP contribution in [0.1, 0.15) is 6.23 Å².